The molecule has 0 spiro atoms. The van der Waals surface area contributed by atoms with Crippen molar-refractivity contribution < 1.29 is 4.79 Å². The number of ketones is 1. The SMILES string of the molecule is CCSc1ccc(C[C@]23CCC(=O)C=C2CC[C@@H]2[C@H]3CC[C@]3(C)CCC[C@@H]23)cc1. The van der Waals surface area contributed by atoms with Gasteiger partial charge in [0.1, 0.15) is 0 Å². The van der Waals surface area contributed by atoms with Crippen molar-refractivity contribution in [2.75, 3.05) is 5.75 Å². The average molecular weight is 409 g/mol. The van der Waals surface area contributed by atoms with E-state index < -0.39 is 0 Å². The Kier molecular flexibility index (Phi) is 5.21. The number of hydrogen-bond acceptors (Lipinski definition) is 2. The first kappa shape index (κ1) is 19.9. The summed E-state index contributed by atoms with van der Waals surface area (Å²) in [7, 11) is 0. The standard InChI is InChI=1S/C27H36OS/c1-3-29-22-9-6-19(7-10-22)18-27-16-12-21(28)17-20(27)8-11-23-24-5-4-14-26(24,2)15-13-25(23)27/h6-7,9-10,17,23-25H,3-5,8,11-16,18H2,1-2H3/t23-,24-,25+,26-,27+/m0/s1. The summed E-state index contributed by atoms with van der Waals surface area (Å²) in [6.07, 6.45) is 14.7. The molecular weight excluding hydrogens is 372 g/mol. The third-order valence-electron chi connectivity index (χ3n) is 9.22. The van der Waals surface area contributed by atoms with Gasteiger partial charge in [0, 0.05) is 11.3 Å². The van der Waals surface area contributed by atoms with Crippen molar-refractivity contribution in [1.82, 2.24) is 0 Å². The molecule has 5 atom stereocenters. The Bertz CT molecular complexity index is 808. The molecule has 3 fully saturated rings. The van der Waals surface area contributed by atoms with Crippen LogP contribution < -0.4 is 0 Å². The maximum absolute atomic E-state index is 12.3. The second kappa shape index (κ2) is 7.59. The number of fused-ring (bicyclic) bond motifs is 5. The van der Waals surface area contributed by atoms with E-state index in [2.05, 4.69) is 44.2 Å². The monoisotopic (exact) mass is 408 g/mol. The minimum Gasteiger partial charge on any atom is -0.295 e. The van der Waals surface area contributed by atoms with Crippen LogP contribution in [0.2, 0.25) is 0 Å². The molecule has 0 N–H and O–H groups in total. The summed E-state index contributed by atoms with van der Waals surface area (Å²) in [5.74, 6) is 4.11. The van der Waals surface area contributed by atoms with Gasteiger partial charge in [-0.3, -0.25) is 4.79 Å². The molecule has 156 valence electrons. The fourth-order valence-corrected chi connectivity index (χ4v) is 8.58. The molecule has 1 nitrogen and oxygen atoms in total. The van der Waals surface area contributed by atoms with Crippen LogP contribution in [-0.4, -0.2) is 11.5 Å². The molecule has 0 radical (unpaired) electrons. The quantitative estimate of drug-likeness (QED) is 0.488. The smallest absolute Gasteiger partial charge is 0.155 e. The molecule has 2 heteroatoms. The van der Waals surface area contributed by atoms with Crippen LogP contribution in [0.4, 0.5) is 0 Å². The number of benzene rings is 1. The minimum absolute atomic E-state index is 0.250. The van der Waals surface area contributed by atoms with Crippen LogP contribution >= 0.6 is 11.8 Å². The van der Waals surface area contributed by atoms with E-state index in [1.165, 1.54) is 61.0 Å². The number of rotatable bonds is 4. The average Bonchev–Trinajstić information content (AvgIpc) is 3.12. The van der Waals surface area contributed by atoms with Gasteiger partial charge in [0.05, 0.1) is 0 Å². The largest absolute Gasteiger partial charge is 0.295 e. The molecule has 0 bridgehead atoms. The first-order valence-corrected chi connectivity index (χ1v) is 13.0. The molecule has 3 saturated carbocycles. The number of carbonyl (C=O) groups excluding carboxylic acids is 1. The highest BCUT2D eigenvalue weighted by atomic mass is 32.2. The molecule has 0 aliphatic heterocycles. The van der Waals surface area contributed by atoms with Crippen molar-refractivity contribution in [3.05, 3.63) is 41.5 Å². The summed E-state index contributed by atoms with van der Waals surface area (Å²) in [4.78, 5) is 13.7. The predicted molar refractivity (Wildman–Crippen MR) is 122 cm³/mol. The third-order valence-corrected chi connectivity index (χ3v) is 10.1. The predicted octanol–water partition coefficient (Wildman–Crippen LogP) is 7.24. The van der Waals surface area contributed by atoms with Crippen molar-refractivity contribution in [3.63, 3.8) is 0 Å². The molecule has 4 aliphatic rings. The van der Waals surface area contributed by atoms with E-state index in [0.717, 1.165) is 42.8 Å². The number of allylic oxidation sites excluding steroid dienone is 1. The van der Waals surface area contributed by atoms with Gasteiger partial charge in [0.2, 0.25) is 0 Å². The molecule has 0 amide bonds. The maximum atomic E-state index is 12.3. The van der Waals surface area contributed by atoms with Gasteiger partial charge in [-0.15, -0.1) is 11.8 Å². The number of carbonyl (C=O) groups is 1. The van der Waals surface area contributed by atoms with Gasteiger partial charge in [0.25, 0.3) is 0 Å². The Morgan fingerprint density at radius 2 is 1.83 bits per heavy atom. The molecule has 1 aromatic rings. The molecule has 0 unspecified atom stereocenters. The van der Waals surface area contributed by atoms with Crippen molar-refractivity contribution in [2.45, 2.75) is 83.0 Å². The fraction of sp³-hybridized carbons (Fsp3) is 0.667. The van der Waals surface area contributed by atoms with E-state index in [1.807, 2.05) is 11.8 Å². The van der Waals surface area contributed by atoms with Gasteiger partial charge in [-0.1, -0.05) is 38.0 Å². The minimum atomic E-state index is 0.250. The van der Waals surface area contributed by atoms with E-state index in [0.29, 0.717) is 11.2 Å². The summed E-state index contributed by atoms with van der Waals surface area (Å²) < 4.78 is 0. The van der Waals surface area contributed by atoms with Gasteiger partial charge >= 0.3 is 0 Å². The Labute approximate surface area is 181 Å². The van der Waals surface area contributed by atoms with Gasteiger partial charge in [0.15, 0.2) is 5.78 Å². The maximum Gasteiger partial charge on any atom is 0.155 e. The van der Waals surface area contributed by atoms with Crippen molar-refractivity contribution in [2.24, 2.45) is 28.6 Å². The van der Waals surface area contributed by atoms with E-state index in [1.54, 1.807) is 0 Å². The van der Waals surface area contributed by atoms with Crippen molar-refractivity contribution >= 4 is 17.5 Å². The third kappa shape index (κ3) is 3.34. The molecular formula is C27H36OS. The summed E-state index contributed by atoms with van der Waals surface area (Å²) in [6, 6.07) is 9.36. The lowest BCUT2D eigenvalue weighted by Gasteiger charge is -2.58. The van der Waals surface area contributed by atoms with Crippen molar-refractivity contribution in [3.8, 4) is 0 Å². The van der Waals surface area contributed by atoms with Crippen LogP contribution in [0.5, 0.6) is 0 Å². The topological polar surface area (TPSA) is 17.1 Å². The van der Waals surface area contributed by atoms with Crippen LogP contribution in [0.15, 0.2) is 40.8 Å². The van der Waals surface area contributed by atoms with Gasteiger partial charge in [-0.05, 0) is 109 Å². The molecule has 0 aromatic heterocycles. The Balaban J connectivity index is 1.49. The highest BCUT2D eigenvalue weighted by Crippen LogP contribution is 2.66. The van der Waals surface area contributed by atoms with Crippen LogP contribution in [0.1, 0.15) is 77.2 Å². The molecule has 0 saturated heterocycles. The molecule has 1 aromatic carbocycles. The zero-order valence-electron chi connectivity index (χ0n) is 18.2. The van der Waals surface area contributed by atoms with Crippen LogP contribution in [0.3, 0.4) is 0 Å². The van der Waals surface area contributed by atoms with E-state index >= 15 is 0 Å². The lowest BCUT2D eigenvalue weighted by atomic mass is 9.46. The van der Waals surface area contributed by atoms with Crippen LogP contribution in [0, 0.1) is 28.6 Å². The number of hydrogen-bond donors (Lipinski definition) is 0. The van der Waals surface area contributed by atoms with Gasteiger partial charge in [-0.2, -0.15) is 0 Å². The second-order valence-electron chi connectivity index (χ2n) is 10.5. The van der Waals surface area contributed by atoms with E-state index in [-0.39, 0.29) is 5.41 Å². The van der Waals surface area contributed by atoms with Gasteiger partial charge in [-0.25, -0.2) is 0 Å². The van der Waals surface area contributed by atoms with E-state index in [9.17, 15) is 4.79 Å². The number of thioether (sulfide) groups is 1. The summed E-state index contributed by atoms with van der Waals surface area (Å²) in [5.41, 5.74) is 3.85. The summed E-state index contributed by atoms with van der Waals surface area (Å²) in [6.45, 7) is 4.81. The second-order valence-corrected chi connectivity index (χ2v) is 11.9. The zero-order chi connectivity index (χ0) is 20.1. The first-order valence-electron chi connectivity index (χ1n) is 12.0. The molecule has 5 rings (SSSR count). The lowest BCUT2D eigenvalue weighted by Crippen LogP contribution is -2.51. The summed E-state index contributed by atoms with van der Waals surface area (Å²) >= 11 is 1.92. The fourth-order valence-electron chi connectivity index (χ4n) is 7.92. The van der Waals surface area contributed by atoms with Gasteiger partial charge < -0.3 is 0 Å². The normalized spacial score (nSPS) is 38.8. The van der Waals surface area contributed by atoms with Crippen molar-refractivity contribution in [1.29, 1.82) is 0 Å². The molecule has 4 aliphatic carbocycles. The highest BCUT2D eigenvalue weighted by molar-refractivity contribution is 7.99. The Hall–Kier alpha value is -1.02. The molecule has 29 heavy (non-hydrogen) atoms. The highest BCUT2D eigenvalue weighted by Gasteiger charge is 2.57. The first-order chi connectivity index (χ1) is 14.0. The summed E-state index contributed by atoms with van der Waals surface area (Å²) in [5, 5.41) is 0. The molecule has 0 heterocycles. The van der Waals surface area contributed by atoms with Crippen LogP contribution in [-0.2, 0) is 11.2 Å². The Morgan fingerprint density at radius 3 is 2.62 bits per heavy atom. The van der Waals surface area contributed by atoms with Crippen LogP contribution in [0.25, 0.3) is 0 Å². The van der Waals surface area contributed by atoms with E-state index in [4.69, 9.17) is 0 Å². The Morgan fingerprint density at radius 1 is 1.00 bits per heavy atom. The zero-order valence-corrected chi connectivity index (χ0v) is 19.0. The lowest BCUT2D eigenvalue weighted by molar-refractivity contribution is -0.117.